The van der Waals surface area contributed by atoms with Gasteiger partial charge in [0, 0.05) is 24.7 Å². The van der Waals surface area contributed by atoms with E-state index in [4.69, 9.17) is 5.73 Å². The summed E-state index contributed by atoms with van der Waals surface area (Å²) < 4.78 is 0. The number of hydrogen-bond donors (Lipinski definition) is 1. The molecule has 0 amide bonds. The minimum absolute atomic E-state index is 0.0269. The summed E-state index contributed by atoms with van der Waals surface area (Å²) >= 11 is 0. The van der Waals surface area contributed by atoms with Crippen LogP contribution in [0, 0.1) is 5.41 Å². The molecule has 0 aliphatic heterocycles. The molecular weight excluding hydrogens is 218 g/mol. The molecule has 2 N–H and O–H groups in total. The van der Waals surface area contributed by atoms with Crippen LogP contribution in [0.4, 0.5) is 0 Å². The minimum Gasteiger partial charge on any atom is -0.321 e. The predicted octanol–water partition coefficient (Wildman–Crippen LogP) is 1.65. The second-order valence-corrected chi connectivity index (χ2v) is 5.49. The molecule has 0 aliphatic carbocycles. The first kappa shape index (κ1) is 16.0. The van der Waals surface area contributed by atoms with Crippen molar-refractivity contribution in [3.63, 3.8) is 0 Å². The van der Waals surface area contributed by atoms with Crippen LogP contribution >= 0.6 is 0 Å². The van der Waals surface area contributed by atoms with Crippen molar-refractivity contribution >= 4 is 17.3 Å². The Bertz CT molecular complexity index is 302. The summed E-state index contributed by atoms with van der Waals surface area (Å²) in [6.07, 6.45) is 1.10. The smallest absolute Gasteiger partial charge is 0.149 e. The van der Waals surface area contributed by atoms with Crippen LogP contribution in [0.1, 0.15) is 53.4 Å². The van der Waals surface area contributed by atoms with Gasteiger partial charge in [0.15, 0.2) is 0 Å². The van der Waals surface area contributed by atoms with Gasteiger partial charge in [-0.05, 0) is 13.3 Å². The Morgan fingerprint density at radius 2 is 1.59 bits per heavy atom. The van der Waals surface area contributed by atoms with Gasteiger partial charge in [0.05, 0.1) is 6.04 Å². The van der Waals surface area contributed by atoms with Crippen molar-refractivity contribution in [1.82, 2.24) is 0 Å². The SMILES string of the molecule is CC(=O)CC[C@H](N)C(=O)CCC(=O)C(C)(C)C. The van der Waals surface area contributed by atoms with Crippen molar-refractivity contribution in [2.45, 2.75) is 59.4 Å². The monoisotopic (exact) mass is 241 g/mol. The number of rotatable bonds is 7. The lowest BCUT2D eigenvalue weighted by Crippen LogP contribution is -2.32. The van der Waals surface area contributed by atoms with E-state index in [-0.39, 0.29) is 30.2 Å². The molecule has 0 saturated heterocycles. The van der Waals surface area contributed by atoms with Crippen molar-refractivity contribution < 1.29 is 14.4 Å². The van der Waals surface area contributed by atoms with Gasteiger partial charge in [-0.25, -0.2) is 0 Å². The first-order valence-corrected chi connectivity index (χ1v) is 5.95. The quantitative estimate of drug-likeness (QED) is 0.735. The van der Waals surface area contributed by atoms with Gasteiger partial charge in [-0.2, -0.15) is 0 Å². The number of ketones is 3. The lowest BCUT2D eigenvalue weighted by molar-refractivity contribution is -0.129. The zero-order valence-electron chi connectivity index (χ0n) is 11.2. The van der Waals surface area contributed by atoms with E-state index in [0.717, 1.165) is 0 Å². The molecule has 0 aromatic carbocycles. The van der Waals surface area contributed by atoms with Gasteiger partial charge in [-0.1, -0.05) is 20.8 Å². The maximum absolute atomic E-state index is 11.6. The summed E-state index contributed by atoms with van der Waals surface area (Å²) in [4.78, 5) is 34.0. The molecule has 0 spiro atoms. The van der Waals surface area contributed by atoms with Gasteiger partial charge in [-0.3, -0.25) is 9.59 Å². The summed E-state index contributed by atoms with van der Waals surface area (Å²) in [6.45, 7) is 6.96. The fraction of sp³-hybridized carbons (Fsp3) is 0.769. The predicted molar refractivity (Wildman–Crippen MR) is 66.6 cm³/mol. The van der Waals surface area contributed by atoms with Crippen LogP contribution < -0.4 is 5.73 Å². The van der Waals surface area contributed by atoms with Crippen molar-refractivity contribution in [2.24, 2.45) is 11.1 Å². The molecule has 0 fully saturated rings. The third-order valence-corrected chi connectivity index (χ3v) is 2.66. The van der Waals surface area contributed by atoms with E-state index < -0.39 is 11.5 Å². The zero-order valence-corrected chi connectivity index (χ0v) is 11.2. The average Bonchev–Trinajstić information content (AvgIpc) is 2.20. The van der Waals surface area contributed by atoms with Crippen LogP contribution in [0.5, 0.6) is 0 Å². The van der Waals surface area contributed by atoms with Gasteiger partial charge < -0.3 is 10.5 Å². The maximum Gasteiger partial charge on any atom is 0.149 e. The molecule has 0 aliphatic rings. The molecule has 0 bridgehead atoms. The fourth-order valence-corrected chi connectivity index (χ4v) is 1.32. The third kappa shape index (κ3) is 7.00. The highest BCUT2D eigenvalue weighted by Crippen LogP contribution is 2.18. The van der Waals surface area contributed by atoms with Crippen LogP contribution in [-0.4, -0.2) is 23.4 Å². The van der Waals surface area contributed by atoms with Crippen molar-refractivity contribution in [1.29, 1.82) is 0 Å². The maximum atomic E-state index is 11.6. The number of hydrogen-bond acceptors (Lipinski definition) is 4. The molecule has 4 nitrogen and oxygen atoms in total. The topological polar surface area (TPSA) is 77.2 Å². The summed E-state index contributed by atoms with van der Waals surface area (Å²) in [5.41, 5.74) is 5.23. The Morgan fingerprint density at radius 3 is 2.00 bits per heavy atom. The first-order valence-electron chi connectivity index (χ1n) is 5.95. The van der Waals surface area contributed by atoms with Crippen molar-refractivity contribution in [3.8, 4) is 0 Å². The summed E-state index contributed by atoms with van der Waals surface area (Å²) in [5.74, 6) is -0.0486. The highest BCUT2D eigenvalue weighted by Gasteiger charge is 2.23. The Morgan fingerprint density at radius 1 is 1.06 bits per heavy atom. The van der Waals surface area contributed by atoms with E-state index in [2.05, 4.69) is 0 Å². The molecule has 98 valence electrons. The van der Waals surface area contributed by atoms with Gasteiger partial charge in [0.1, 0.15) is 17.3 Å². The number of Topliss-reactive ketones (excluding diaryl/α,β-unsaturated/α-hetero) is 3. The van der Waals surface area contributed by atoms with Crippen LogP contribution in [0.3, 0.4) is 0 Å². The molecule has 4 heteroatoms. The molecule has 1 atom stereocenters. The summed E-state index contributed by atoms with van der Waals surface area (Å²) in [7, 11) is 0. The fourth-order valence-electron chi connectivity index (χ4n) is 1.32. The number of carbonyl (C=O) groups is 3. The van der Waals surface area contributed by atoms with Crippen LogP contribution in [-0.2, 0) is 14.4 Å². The van der Waals surface area contributed by atoms with E-state index in [1.807, 2.05) is 20.8 Å². The van der Waals surface area contributed by atoms with Crippen LogP contribution in [0.2, 0.25) is 0 Å². The largest absolute Gasteiger partial charge is 0.321 e. The average molecular weight is 241 g/mol. The van der Waals surface area contributed by atoms with Crippen LogP contribution in [0.25, 0.3) is 0 Å². The highest BCUT2D eigenvalue weighted by molar-refractivity contribution is 5.91. The standard InChI is InChI=1S/C13H23NO3/c1-9(15)5-6-10(14)11(16)7-8-12(17)13(2,3)4/h10H,5-8,14H2,1-4H3/t10-/m0/s1. The molecule has 0 heterocycles. The molecular formula is C13H23NO3. The van der Waals surface area contributed by atoms with E-state index >= 15 is 0 Å². The Kier molecular flexibility index (Phi) is 6.24. The molecule has 0 aromatic rings. The van der Waals surface area contributed by atoms with E-state index in [1.54, 1.807) is 0 Å². The lowest BCUT2D eigenvalue weighted by Gasteiger charge is -2.16. The number of carbonyl (C=O) groups excluding carboxylic acids is 3. The highest BCUT2D eigenvalue weighted by atomic mass is 16.1. The van der Waals surface area contributed by atoms with Gasteiger partial charge >= 0.3 is 0 Å². The van der Waals surface area contributed by atoms with Crippen molar-refractivity contribution in [3.05, 3.63) is 0 Å². The Hall–Kier alpha value is -1.03. The molecule has 0 aromatic heterocycles. The second-order valence-electron chi connectivity index (χ2n) is 5.49. The minimum atomic E-state index is -0.619. The zero-order chi connectivity index (χ0) is 13.6. The Labute approximate surface area is 103 Å². The second kappa shape index (κ2) is 6.64. The normalized spacial score (nSPS) is 13.2. The van der Waals surface area contributed by atoms with Gasteiger partial charge in [0.25, 0.3) is 0 Å². The van der Waals surface area contributed by atoms with E-state index in [9.17, 15) is 14.4 Å². The Balaban J connectivity index is 4.02. The lowest BCUT2D eigenvalue weighted by atomic mass is 9.87. The molecule has 0 unspecified atom stereocenters. The van der Waals surface area contributed by atoms with Gasteiger partial charge in [-0.15, -0.1) is 0 Å². The summed E-state index contributed by atoms with van der Waals surface area (Å²) in [5, 5.41) is 0. The third-order valence-electron chi connectivity index (χ3n) is 2.66. The van der Waals surface area contributed by atoms with Crippen LogP contribution in [0.15, 0.2) is 0 Å². The molecule has 0 rings (SSSR count). The van der Waals surface area contributed by atoms with E-state index in [0.29, 0.717) is 12.8 Å². The van der Waals surface area contributed by atoms with E-state index in [1.165, 1.54) is 6.92 Å². The molecule has 0 saturated carbocycles. The van der Waals surface area contributed by atoms with Crippen molar-refractivity contribution in [2.75, 3.05) is 0 Å². The first-order chi connectivity index (χ1) is 7.64. The number of nitrogens with two attached hydrogens (primary N) is 1. The summed E-state index contributed by atoms with van der Waals surface area (Å²) in [6, 6.07) is -0.619. The molecule has 0 radical (unpaired) electrons. The van der Waals surface area contributed by atoms with Gasteiger partial charge in [0.2, 0.25) is 0 Å². The molecule has 17 heavy (non-hydrogen) atoms.